The summed E-state index contributed by atoms with van der Waals surface area (Å²) in [5.41, 5.74) is 1.59. The van der Waals surface area contributed by atoms with E-state index < -0.39 is 0 Å². The highest BCUT2D eigenvalue weighted by Gasteiger charge is 2.23. The smallest absolute Gasteiger partial charge is 0.152 e. The third-order valence-corrected chi connectivity index (χ3v) is 3.52. The van der Waals surface area contributed by atoms with E-state index in [0.29, 0.717) is 16.5 Å². The van der Waals surface area contributed by atoms with Crippen molar-refractivity contribution in [1.29, 1.82) is 0 Å². The Labute approximate surface area is 106 Å². The standard InChI is InChI=1S/C13H16ClNO2/c14-12-2-1-11(9-17)13(7-12)15-5-3-10(8-15)4-6-16/h1-2,7,9-10,16H,3-6,8H2. The molecule has 0 aliphatic carbocycles. The predicted molar refractivity (Wildman–Crippen MR) is 68.9 cm³/mol. The molecular formula is C13H16ClNO2. The molecule has 2 rings (SSSR count). The molecule has 1 aliphatic rings. The van der Waals surface area contributed by atoms with E-state index in [9.17, 15) is 4.79 Å². The lowest BCUT2D eigenvalue weighted by Gasteiger charge is -2.20. The second kappa shape index (κ2) is 5.52. The molecule has 0 spiro atoms. The van der Waals surface area contributed by atoms with Gasteiger partial charge in [0.1, 0.15) is 0 Å². The van der Waals surface area contributed by atoms with Crippen LogP contribution in [0.5, 0.6) is 0 Å². The number of nitrogens with zero attached hydrogens (tertiary/aromatic N) is 1. The molecule has 1 aliphatic heterocycles. The Hall–Kier alpha value is -1.06. The third kappa shape index (κ3) is 2.79. The minimum atomic E-state index is 0.231. The molecule has 0 amide bonds. The van der Waals surface area contributed by atoms with Gasteiger partial charge in [-0.05, 0) is 37.0 Å². The van der Waals surface area contributed by atoms with E-state index in [1.54, 1.807) is 12.1 Å². The summed E-state index contributed by atoms with van der Waals surface area (Å²) in [6.45, 7) is 2.04. The number of carbonyl (C=O) groups is 1. The summed E-state index contributed by atoms with van der Waals surface area (Å²) in [4.78, 5) is 13.2. The van der Waals surface area contributed by atoms with Crippen LogP contribution >= 0.6 is 11.6 Å². The number of carbonyl (C=O) groups excluding carboxylic acids is 1. The molecule has 0 saturated carbocycles. The maximum atomic E-state index is 11.0. The summed E-state index contributed by atoms with van der Waals surface area (Å²) in [5.74, 6) is 0.512. The number of aliphatic hydroxyl groups excluding tert-OH is 1. The summed E-state index contributed by atoms with van der Waals surface area (Å²) < 4.78 is 0. The SMILES string of the molecule is O=Cc1ccc(Cl)cc1N1CCC(CCO)C1. The fourth-order valence-electron chi connectivity index (χ4n) is 2.36. The van der Waals surface area contributed by atoms with Gasteiger partial charge in [0.15, 0.2) is 6.29 Å². The second-order valence-electron chi connectivity index (χ2n) is 4.43. The summed E-state index contributed by atoms with van der Waals surface area (Å²) in [7, 11) is 0. The molecule has 1 saturated heterocycles. The number of halogens is 1. The van der Waals surface area contributed by atoms with Gasteiger partial charge >= 0.3 is 0 Å². The van der Waals surface area contributed by atoms with Crippen molar-refractivity contribution in [3.63, 3.8) is 0 Å². The first-order valence-corrected chi connectivity index (χ1v) is 6.23. The lowest BCUT2D eigenvalue weighted by atomic mass is 10.1. The molecule has 1 fully saturated rings. The van der Waals surface area contributed by atoms with Gasteiger partial charge in [0.25, 0.3) is 0 Å². The van der Waals surface area contributed by atoms with Crippen molar-refractivity contribution >= 4 is 23.6 Å². The Morgan fingerprint density at radius 2 is 2.35 bits per heavy atom. The van der Waals surface area contributed by atoms with Crippen LogP contribution in [0.4, 0.5) is 5.69 Å². The average Bonchev–Trinajstić information content (AvgIpc) is 2.78. The molecule has 4 heteroatoms. The highest BCUT2D eigenvalue weighted by molar-refractivity contribution is 6.31. The van der Waals surface area contributed by atoms with Gasteiger partial charge in [-0.3, -0.25) is 4.79 Å². The average molecular weight is 254 g/mol. The fraction of sp³-hybridized carbons (Fsp3) is 0.462. The number of anilines is 1. The molecule has 1 aromatic carbocycles. The van der Waals surface area contributed by atoms with Gasteiger partial charge in [-0.15, -0.1) is 0 Å². The zero-order valence-corrected chi connectivity index (χ0v) is 10.4. The van der Waals surface area contributed by atoms with Crippen molar-refractivity contribution in [3.8, 4) is 0 Å². The van der Waals surface area contributed by atoms with Gasteiger partial charge in [-0.1, -0.05) is 11.6 Å². The van der Waals surface area contributed by atoms with Crippen molar-refractivity contribution in [2.75, 3.05) is 24.6 Å². The molecule has 17 heavy (non-hydrogen) atoms. The Balaban J connectivity index is 2.17. The zero-order chi connectivity index (χ0) is 12.3. The van der Waals surface area contributed by atoms with Crippen LogP contribution in [0.15, 0.2) is 18.2 Å². The van der Waals surface area contributed by atoms with E-state index in [1.165, 1.54) is 0 Å². The second-order valence-corrected chi connectivity index (χ2v) is 4.87. The normalized spacial score (nSPS) is 19.6. The van der Waals surface area contributed by atoms with E-state index in [2.05, 4.69) is 4.90 Å². The van der Waals surface area contributed by atoms with E-state index in [0.717, 1.165) is 37.9 Å². The van der Waals surface area contributed by atoms with E-state index in [1.807, 2.05) is 6.07 Å². The highest BCUT2D eigenvalue weighted by atomic mass is 35.5. The fourth-order valence-corrected chi connectivity index (χ4v) is 2.53. The quantitative estimate of drug-likeness (QED) is 0.838. The Kier molecular flexibility index (Phi) is 4.02. The van der Waals surface area contributed by atoms with Gasteiger partial charge in [0, 0.05) is 36.0 Å². The number of aliphatic hydroxyl groups is 1. The van der Waals surface area contributed by atoms with Gasteiger partial charge < -0.3 is 10.0 Å². The first-order valence-electron chi connectivity index (χ1n) is 5.85. The topological polar surface area (TPSA) is 40.5 Å². The van der Waals surface area contributed by atoms with Gasteiger partial charge in [-0.25, -0.2) is 0 Å². The number of rotatable bonds is 4. The predicted octanol–water partition coefficient (Wildman–Crippen LogP) is 2.36. The lowest BCUT2D eigenvalue weighted by molar-refractivity contribution is 0.112. The van der Waals surface area contributed by atoms with Gasteiger partial charge in [0.05, 0.1) is 0 Å². The van der Waals surface area contributed by atoms with Crippen LogP contribution in [0, 0.1) is 5.92 Å². The Morgan fingerprint density at radius 3 is 3.06 bits per heavy atom. The molecule has 92 valence electrons. The first kappa shape index (κ1) is 12.4. The molecular weight excluding hydrogens is 238 g/mol. The molecule has 1 atom stereocenters. The number of hydrogen-bond donors (Lipinski definition) is 1. The summed E-state index contributed by atoms with van der Waals surface area (Å²) in [5, 5.41) is 9.58. The summed E-state index contributed by atoms with van der Waals surface area (Å²) in [6, 6.07) is 5.33. The van der Waals surface area contributed by atoms with Crippen LogP contribution in [0.2, 0.25) is 5.02 Å². The van der Waals surface area contributed by atoms with Crippen LogP contribution < -0.4 is 4.90 Å². The molecule has 1 N–H and O–H groups in total. The van der Waals surface area contributed by atoms with Gasteiger partial charge in [-0.2, -0.15) is 0 Å². The number of aldehydes is 1. The minimum absolute atomic E-state index is 0.231. The van der Waals surface area contributed by atoms with E-state index >= 15 is 0 Å². The maximum Gasteiger partial charge on any atom is 0.152 e. The third-order valence-electron chi connectivity index (χ3n) is 3.28. The van der Waals surface area contributed by atoms with Crippen molar-refractivity contribution in [3.05, 3.63) is 28.8 Å². The van der Waals surface area contributed by atoms with Crippen molar-refractivity contribution < 1.29 is 9.90 Å². The van der Waals surface area contributed by atoms with Crippen LogP contribution in [0.25, 0.3) is 0 Å². The van der Waals surface area contributed by atoms with E-state index in [4.69, 9.17) is 16.7 Å². The molecule has 1 aromatic rings. The molecule has 0 radical (unpaired) electrons. The molecule has 1 unspecified atom stereocenters. The van der Waals surface area contributed by atoms with Crippen LogP contribution in [0.3, 0.4) is 0 Å². The summed E-state index contributed by atoms with van der Waals surface area (Å²) >= 11 is 5.97. The van der Waals surface area contributed by atoms with Gasteiger partial charge in [0.2, 0.25) is 0 Å². The molecule has 3 nitrogen and oxygen atoms in total. The van der Waals surface area contributed by atoms with Crippen LogP contribution in [-0.2, 0) is 0 Å². The van der Waals surface area contributed by atoms with E-state index in [-0.39, 0.29) is 6.61 Å². The highest BCUT2D eigenvalue weighted by Crippen LogP contribution is 2.29. The summed E-state index contributed by atoms with van der Waals surface area (Å²) in [6.07, 6.45) is 2.75. The lowest BCUT2D eigenvalue weighted by Crippen LogP contribution is -2.21. The zero-order valence-electron chi connectivity index (χ0n) is 9.60. The number of benzene rings is 1. The molecule has 0 bridgehead atoms. The van der Waals surface area contributed by atoms with Crippen molar-refractivity contribution in [2.24, 2.45) is 5.92 Å². The van der Waals surface area contributed by atoms with Crippen LogP contribution in [0.1, 0.15) is 23.2 Å². The Morgan fingerprint density at radius 1 is 1.53 bits per heavy atom. The Bertz CT molecular complexity index is 408. The van der Waals surface area contributed by atoms with Crippen LogP contribution in [-0.4, -0.2) is 31.1 Å². The maximum absolute atomic E-state index is 11.0. The van der Waals surface area contributed by atoms with Crippen molar-refractivity contribution in [1.82, 2.24) is 0 Å². The largest absolute Gasteiger partial charge is 0.396 e. The minimum Gasteiger partial charge on any atom is -0.396 e. The van der Waals surface area contributed by atoms with Crippen molar-refractivity contribution in [2.45, 2.75) is 12.8 Å². The monoisotopic (exact) mass is 253 g/mol. The number of hydrogen-bond acceptors (Lipinski definition) is 3. The molecule has 0 aromatic heterocycles. The first-order chi connectivity index (χ1) is 8.24. The molecule has 1 heterocycles.